The molecule has 4 rings (SSSR count). The molecule has 0 aliphatic rings. The normalized spacial score (nSPS) is 11.4. The van der Waals surface area contributed by atoms with E-state index in [1.54, 1.807) is 0 Å². The van der Waals surface area contributed by atoms with Crippen molar-refractivity contribution in [1.29, 1.82) is 0 Å². The first-order chi connectivity index (χ1) is 10.8. The van der Waals surface area contributed by atoms with Crippen LogP contribution >= 0.6 is 11.6 Å². The molecular weight excluding hydrogens is 290 g/mol. The Morgan fingerprint density at radius 3 is 2.41 bits per heavy atom. The van der Waals surface area contributed by atoms with E-state index < -0.39 is 0 Å². The van der Waals surface area contributed by atoms with Crippen LogP contribution in [0, 0.1) is 6.92 Å². The fourth-order valence-electron chi connectivity index (χ4n) is 3.25. The van der Waals surface area contributed by atoms with Gasteiger partial charge in [0.2, 0.25) is 0 Å². The summed E-state index contributed by atoms with van der Waals surface area (Å²) in [5, 5.41) is 2.54. The van der Waals surface area contributed by atoms with Crippen LogP contribution in [-0.4, -0.2) is 4.98 Å². The molecule has 0 spiro atoms. The largest absolute Gasteiger partial charge is 0.354 e. The Balaban J connectivity index is 2.09. The maximum absolute atomic E-state index is 6.26. The van der Waals surface area contributed by atoms with Gasteiger partial charge in [0.25, 0.3) is 0 Å². The van der Waals surface area contributed by atoms with Crippen LogP contribution in [0.1, 0.15) is 11.1 Å². The smallest absolute Gasteiger partial charge is 0.0481 e. The van der Waals surface area contributed by atoms with Gasteiger partial charge in [-0.15, -0.1) is 11.6 Å². The van der Waals surface area contributed by atoms with E-state index in [9.17, 15) is 0 Å². The summed E-state index contributed by atoms with van der Waals surface area (Å²) < 4.78 is 0. The van der Waals surface area contributed by atoms with Crippen molar-refractivity contribution in [2.75, 3.05) is 0 Å². The van der Waals surface area contributed by atoms with Crippen molar-refractivity contribution >= 4 is 33.4 Å². The van der Waals surface area contributed by atoms with E-state index in [-0.39, 0.29) is 0 Å². The van der Waals surface area contributed by atoms with Crippen molar-refractivity contribution in [1.82, 2.24) is 4.98 Å². The second kappa shape index (κ2) is 5.19. The second-order valence-electron chi connectivity index (χ2n) is 5.68. The lowest BCUT2D eigenvalue weighted by molar-refractivity contribution is 1.44. The molecule has 0 aliphatic heterocycles. The third kappa shape index (κ3) is 2.01. The van der Waals surface area contributed by atoms with Gasteiger partial charge in [0, 0.05) is 27.7 Å². The van der Waals surface area contributed by atoms with Crippen molar-refractivity contribution in [3.05, 3.63) is 71.8 Å². The molecule has 4 aromatic rings. The molecule has 0 fully saturated rings. The summed E-state index contributed by atoms with van der Waals surface area (Å²) in [6, 6.07) is 21.2. The number of fused-ring (bicyclic) bond motifs is 3. The molecule has 0 saturated heterocycles. The van der Waals surface area contributed by atoms with Crippen LogP contribution in [0.5, 0.6) is 0 Å². The predicted molar refractivity (Wildman–Crippen MR) is 95.5 cm³/mol. The van der Waals surface area contributed by atoms with E-state index in [0.717, 1.165) is 5.52 Å². The van der Waals surface area contributed by atoms with E-state index in [0.29, 0.717) is 5.88 Å². The van der Waals surface area contributed by atoms with Crippen LogP contribution in [0.3, 0.4) is 0 Å². The molecular formula is C20H16ClN. The SMILES string of the molecule is Cc1cccc2[nH]c3cc(-c4ccccc4)cc(CCl)c3c12. The molecule has 1 aromatic heterocycles. The molecule has 1 nitrogen and oxygen atoms in total. The highest BCUT2D eigenvalue weighted by Crippen LogP contribution is 2.35. The number of benzene rings is 3. The highest BCUT2D eigenvalue weighted by atomic mass is 35.5. The first-order valence-corrected chi connectivity index (χ1v) is 7.96. The Morgan fingerprint density at radius 1 is 0.818 bits per heavy atom. The molecule has 0 atom stereocenters. The molecule has 0 amide bonds. The molecule has 0 radical (unpaired) electrons. The Labute approximate surface area is 134 Å². The number of nitrogens with one attached hydrogen (secondary N) is 1. The van der Waals surface area contributed by atoms with Gasteiger partial charge in [-0.25, -0.2) is 0 Å². The first kappa shape index (κ1) is 13.4. The summed E-state index contributed by atoms with van der Waals surface area (Å²) in [5.74, 6) is 0.512. The Bertz CT molecular complexity index is 967. The van der Waals surface area contributed by atoms with Gasteiger partial charge in [-0.3, -0.25) is 0 Å². The van der Waals surface area contributed by atoms with Crippen LogP contribution < -0.4 is 0 Å². The minimum Gasteiger partial charge on any atom is -0.354 e. The molecule has 1 heterocycles. The third-order valence-corrected chi connectivity index (χ3v) is 4.55. The molecule has 0 saturated carbocycles. The molecule has 0 bridgehead atoms. The van der Waals surface area contributed by atoms with Gasteiger partial charge in [0.15, 0.2) is 0 Å². The van der Waals surface area contributed by atoms with Gasteiger partial charge in [0.1, 0.15) is 0 Å². The van der Waals surface area contributed by atoms with Gasteiger partial charge in [-0.05, 0) is 47.4 Å². The number of aryl methyl sites for hydroxylation is 1. The van der Waals surface area contributed by atoms with Gasteiger partial charge in [-0.2, -0.15) is 0 Å². The van der Waals surface area contributed by atoms with E-state index in [1.165, 1.54) is 38.5 Å². The van der Waals surface area contributed by atoms with E-state index in [2.05, 4.69) is 66.5 Å². The number of hydrogen-bond donors (Lipinski definition) is 1. The molecule has 3 aromatic carbocycles. The number of H-pyrrole nitrogens is 1. The average Bonchev–Trinajstić information content (AvgIpc) is 2.94. The third-order valence-electron chi connectivity index (χ3n) is 4.26. The van der Waals surface area contributed by atoms with E-state index in [4.69, 9.17) is 11.6 Å². The molecule has 2 heteroatoms. The maximum Gasteiger partial charge on any atom is 0.0481 e. The van der Waals surface area contributed by atoms with Crippen LogP contribution in [0.4, 0.5) is 0 Å². The van der Waals surface area contributed by atoms with Gasteiger partial charge in [-0.1, -0.05) is 42.5 Å². The quantitative estimate of drug-likeness (QED) is 0.435. The van der Waals surface area contributed by atoms with Gasteiger partial charge >= 0.3 is 0 Å². The number of aromatic nitrogens is 1. The predicted octanol–water partition coefficient (Wildman–Crippen LogP) is 6.04. The standard InChI is InChI=1S/C20H16ClN/c1-13-6-5-9-17-19(13)20-16(12-21)10-15(11-18(20)22-17)14-7-3-2-4-8-14/h2-11,22H,12H2,1H3. The zero-order valence-electron chi connectivity index (χ0n) is 12.4. The summed E-state index contributed by atoms with van der Waals surface area (Å²) in [6.45, 7) is 2.15. The van der Waals surface area contributed by atoms with Crippen LogP contribution in [-0.2, 0) is 5.88 Å². The lowest BCUT2D eigenvalue weighted by atomic mass is 9.98. The zero-order chi connectivity index (χ0) is 15.1. The summed E-state index contributed by atoms with van der Waals surface area (Å²) in [4.78, 5) is 3.55. The average molecular weight is 306 g/mol. The van der Waals surface area contributed by atoms with Crippen LogP contribution in [0.2, 0.25) is 0 Å². The topological polar surface area (TPSA) is 15.8 Å². The summed E-state index contributed by atoms with van der Waals surface area (Å²) >= 11 is 6.26. The second-order valence-corrected chi connectivity index (χ2v) is 5.95. The Hall–Kier alpha value is -2.25. The number of aromatic amines is 1. The summed E-state index contributed by atoms with van der Waals surface area (Å²) in [6.07, 6.45) is 0. The van der Waals surface area contributed by atoms with Crippen molar-refractivity contribution in [3.63, 3.8) is 0 Å². The van der Waals surface area contributed by atoms with Crippen molar-refractivity contribution < 1.29 is 0 Å². The van der Waals surface area contributed by atoms with Gasteiger partial charge < -0.3 is 4.98 Å². The molecule has 22 heavy (non-hydrogen) atoms. The van der Waals surface area contributed by atoms with E-state index in [1.807, 2.05) is 6.07 Å². The van der Waals surface area contributed by atoms with Crippen LogP contribution in [0.25, 0.3) is 32.9 Å². The maximum atomic E-state index is 6.26. The first-order valence-electron chi connectivity index (χ1n) is 7.43. The number of rotatable bonds is 2. The number of alkyl halides is 1. The highest BCUT2D eigenvalue weighted by Gasteiger charge is 2.12. The van der Waals surface area contributed by atoms with Crippen molar-refractivity contribution in [2.24, 2.45) is 0 Å². The molecule has 108 valence electrons. The minimum atomic E-state index is 0.512. The van der Waals surface area contributed by atoms with Crippen molar-refractivity contribution in [2.45, 2.75) is 12.8 Å². The minimum absolute atomic E-state index is 0.512. The summed E-state index contributed by atoms with van der Waals surface area (Å²) in [7, 11) is 0. The zero-order valence-corrected chi connectivity index (χ0v) is 13.1. The number of halogens is 1. The highest BCUT2D eigenvalue weighted by molar-refractivity contribution is 6.20. The Kier molecular flexibility index (Phi) is 3.16. The molecule has 0 aliphatic carbocycles. The molecule has 1 N–H and O–H groups in total. The van der Waals surface area contributed by atoms with Gasteiger partial charge in [0.05, 0.1) is 0 Å². The number of hydrogen-bond acceptors (Lipinski definition) is 0. The fraction of sp³-hybridized carbons (Fsp3) is 0.100. The van der Waals surface area contributed by atoms with Crippen molar-refractivity contribution in [3.8, 4) is 11.1 Å². The monoisotopic (exact) mass is 305 g/mol. The fourth-order valence-corrected chi connectivity index (χ4v) is 3.46. The van der Waals surface area contributed by atoms with E-state index >= 15 is 0 Å². The lowest BCUT2D eigenvalue weighted by Gasteiger charge is -2.07. The molecule has 0 unspecified atom stereocenters. The lowest BCUT2D eigenvalue weighted by Crippen LogP contribution is -1.85. The summed E-state index contributed by atoms with van der Waals surface area (Å²) in [5.41, 5.74) is 7.20. The van der Waals surface area contributed by atoms with Crippen LogP contribution in [0.15, 0.2) is 60.7 Å². The Morgan fingerprint density at radius 2 is 1.64 bits per heavy atom.